The van der Waals surface area contributed by atoms with Gasteiger partial charge in [0.2, 0.25) is 0 Å². The molecule has 1 amide bonds. The maximum absolute atomic E-state index is 12.0. The zero-order chi connectivity index (χ0) is 11.4. The Balaban J connectivity index is 0.00000144. The topological polar surface area (TPSA) is 54.0 Å². The normalized spacial score (nSPS) is 18.2. The van der Waals surface area contributed by atoms with Crippen molar-refractivity contribution in [3.63, 3.8) is 0 Å². The Morgan fingerprint density at radius 1 is 1.50 bits per heavy atom. The van der Waals surface area contributed by atoms with Crippen LogP contribution in [0.25, 0.3) is 0 Å². The number of pyridine rings is 1. The van der Waals surface area contributed by atoms with Crippen LogP contribution in [-0.2, 0) is 0 Å². The summed E-state index contributed by atoms with van der Waals surface area (Å²) in [6.45, 7) is 3.78. The molecule has 1 aromatic heterocycles. The number of amides is 1. The first kappa shape index (κ1) is 17.2. The molecule has 0 radical (unpaired) electrons. The lowest BCUT2D eigenvalue weighted by atomic mass is 10.1. The molecule has 4 nitrogen and oxygen atoms in total. The van der Waals surface area contributed by atoms with E-state index in [-0.39, 0.29) is 36.8 Å². The molecule has 2 rings (SSSR count). The molecular formula is C12H19Cl2N3O. The Labute approximate surface area is 120 Å². The molecule has 2 heterocycles. The highest BCUT2D eigenvalue weighted by Gasteiger charge is 2.17. The van der Waals surface area contributed by atoms with Crippen molar-refractivity contribution < 1.29 is 4.79 Å². The highest BCUT2D eigenvalue weighted by atomic mass is 35.5. The zero-order valence-electron chi connectivity index (χ0n) is 10.3. The van der Waals surface area contributed by atoms with Gasteiger partial charge in [0, 0.05) is 24.5 Å². The number of aromatic nitrogens is 1. The van der Waals surface area contributed by atoms with Crippen LogP contribution in [-0.4, -0.2) is 30.0 Å². The fourth-order valence-corrected chi connectivity index (χ4v) is 1.96. The van der Waals surface area contributed by atoms with Crippen molar-refractivity contribution in [1.29, 1.82) is 0 Å². The molecular weight excluding hydrogens is 273 g/mol. The fourth-order valence-electron chi connectivity index (χ4n) is 1.96. The Morgan fingerprint density at radius 3 is 2.89 bits per heavy atom. The quantitative estimate of drug-likeness (QED) is 0.872. The van der Waals surface area contributed by atoms with Crippen LogP contribution in [0.5, 0.6) is 0 Å². The molecule has 0 aromatic carbocycles. The predicted molar refractivity (Wildman–Crippen MR) is 76.8 cm³/mol. The van der Waals surface area contributed by atoms with Gasteiger partial charge in [-0.3, -0.25) is 9.78 Å². The minimum absolute atomic E-state index is 0. The average Bonchev–Trinajstić information content (AvgIpc) is 2.31. The largest absolute Gasteiger partial charge is 0.348 e. The van der Waals surface area contributed by atoms with Gasteiger partial charge in [-0.15, -0.1) is 24.8 Å². The molecule has 0 saturated carbocycles. The summed E-state index contributed by atoms with van der Waals surface area (Å²) in [5, 5.41) is 6.31. The summed E-state index contributed by atoms with van der Waals surface area (Å²) >= 11 is 0. The van der Waals surface area contributed by atoms with Gasteiger partial charge in [0.05, 0.1) is 5.56 Å². The molecule has 1 saturated heterocycles. The van der Waals surface area contributed by atoms with Crippen LogP contribution < -0.4 is 10.6 Å². The number of halogens is 2. The van der Waals surface area contributed by atoms with E-state index in [0.29, 0.717) is 5.56 Å². The zero-order valence-corrected chi connectivity index (χ0v) is 11.9. The number of nitrogens with one attached hydrogen (secondary N) is 2. The summed E-state index contributed by atoms with van der Waals surface area (Å²) in [5.74, 6) is -0.0145. The van der Waals surface area contributed by atoms with E-state index in [0.717, 1.165) is 31.6 Å². The van der Waals surface area contributed by atoms with Crippen LogP contribution >= 0.6 is 24.8 Å². The minimum atomic E-state index is -0.0145. The second-order valence-corrected chi connectivity index (χ2v) is 4.15. The highest BCUT2D eigenvalue weighted by molar-refractivity contribution is 5.95. The fraction of sp³-hybridized carbons (Fsp3) is 0.500. The Bertz CT molecular complexity index is 381. The standard InChI is InChI=1S/C12H17N3O.2ClH/c1-9-11(5-3-7-14-9)12(16)15-10-4-2-6-13-8-10;;/h3,5,7,10,13H,2,4,6,8H2,1H3,(H,15,16);2*1H. The van der Waals surface area contributed by atoms with E-state index in [4.69, 9.17) is 0 Å². The van der Waals surface area contributed by atoms with Crippen LogP contribution in [0, 0.1) is 6.92 Å². The molecule has 0 aliphatic carbocycles. The van der Waals surface area contributed by atoms with Crippen LogP contribution in [0.1, 0.15) is 28.9 Å². The molecule has 1 aliphatic rings. The maximum atomic E-state index is 12.0. The predicted octanol–water partition coefficient (Wildman–Crippen LogP) is 1.72. The van der Waals surface area contributed by atoms with Crippen molar-refractivity contribution in [3.8, 4) is 0 Å². The number of hydrogen-bond donors (Lipinski definition) is 2. The number of carbonyl (C=O) groups is 1. The summed E-state index contributed by atoms with van der Waals surface area (Å²) in [6.07, 6.45) is 3.88. The van der Waals surface area contributed by atoms with Crippen LogP contribution in [0.3, 0.4) is 0 Å². The maximum Gasteiger partial charge on any atom is 0.253 e. The van der Waals surface area contributed by atoms with E-state index >= 15 is 0 Å². The minimum Gasteiger partial charge on any atom is -0.348 e. The van der Waals surface area contributed by atoms with Crippen LogP contribution in [0.2, 0.25) is 0 Å². The molecule has 1 fully saturated rings. The van der Waals surface area contributed by atoms with Gasteiger partial charge in [-0.25, -0.2) is 0 Å². The molecule has 1 unspecified atom stereocenters. The second kappa shape index (κ2) is 8.29. The van der Waals surface area contributed by atoms with Gasteiger partial charge < -0.3 is 10.6 Å². The lowest BCUT2D eigenvalue weighted by molar-refractivity contribution is 0.0929. The van der Waals surface area contributed by atoms with Gasteiger partial charge in [0.25, 0.3) is 5.91 Å². The summed E-state index contributed by atoms with van der Waals surface area (Å²) in [5.41, 5.74) is 1.46. The van der Waals surface area contributed by atoms with Crippen molar-refractivity contribution in [3.05, 3.63) is 29.6 Å². The number of hydrogen-bond acceptors (Lipinski definition) is 3. The smallest absolute Gasteiger partial charge is 0.253 e. The first-order valence-electron chi connectivity index (χ1n) is 5.70. The highest BCUT2D eigenvalue weighted by Crippen LogP contribution is 2.06. The van der Waals surface area contributed by atoms with E-state index in [9.17, 15) is 4.79 Å². The Morgan fingerprint density at radius 2 is 2.28 bits per heavy atom. The van der Waals surface area contributed by atoms with E-state index < -0.39 is 0 Å². The van der Waals surface area contributed by atoms with Crippen molar-refractivity contribution in [1.82, 2.24) is 15.6 Å². The van der Waals surface area contributed by atoms with Gasteiger partial charge in [0.1, 0.15) is 0 Å². The number of rotatable bonds is 2. The summed E-state index contributed by atoms with van der Waals surface area (Å²) < 4.78 is 0. The number of carbonyl (C=O) groups excluding carboxylic acids is 1. The molecule has 1 atom stereocenters. The van der Waals surface area contributed by atoms with Gasteiger partial charge in [-0.1, -0.05) is 0 Å². The molecule has 1 aliphatic heterocycles. The molecule has 2 N–H and O–H groups in total. The number of aryl methyl sites for hydroxylation is 1. The van der Waals surface area contributed by atoms with Crippen LogP contribution in [0.15, 0.2) is 18.3 Å². The van der Waals surface area contributed by atoms with E-state index in [1.807, 2.05) is 13.0 Å². The average molecular weight is 292 g/mol. The first-order valence-corrected chi connectivity index (χ1v) is 5.70. The second-order valence-electron chi connectivity index (χ2n) is 4.15. The van der Waals surface area contributed by atoms with Gasteiger partial charge in [-0.05, 0) is 38.4 Å². The summed E-state index contributed by atoms with van der Waals surface area (Å²) in [7, 11) is 0. The summed E-state index contributed by atoms with van der Waals surface area (Å²) in [6, 6.07) is 3.86. The van der Waals surface area contributed by atoms with Crippen molar-refractivity contribution in [2.45, 2.75) is 25.8 Å². The Kier molecular flexibility index (Phi) is 7.91. The van der Waals surface area contributed by atoms with Gasteiger partial charge in [0.15, 0.2) is 0 Å². The Hall–Kier alpha value is -0.840. The van der Waals surface area contributed by atoms with Crippen molar-refractivity contribution in [2.75, 3.05) is 13.1 Å². The molecule has 1 aromatic rings. The van der Waals surface area contributed by atoms with Gasteiger partial charge >= 0.3 is 0 Å². The van der Waals surface area contributed by atoms with Crippen LogP contribution in [0.4, 0.5) is 0 Å². The lowest BCUT2D eigenvalue weighted by Crippen LogP contribution is -2.45. The molecule has 6 heteroatoms. The van der Waals surface area contributed by atoms with E-state index in [2.05, 4.69) is 15.6 Å². The van der Waals surface area contributed by atoms with Gasteiger partial charge in [-0.2, -0.15) is 0 Å². The third kappa shape index (κ3) is 4.44. The third-order valence-electron chi connectivity index (χ3n) is 2.88. The lowest BCUT2D eigenvalue weighted by Gasteiger charge is -2.23. The monoisotopic (exact) mass is 291 g/mol. The molecule has 0 bridgehead atoms. The van der Waals surface area contributed by atoms with E-state index in [1.54, 1.807) is 12.3 Å². The molecule has 18 heavy (non-hydrogen) atoms. The number of piperidine rings is 1. The van der Waals surface area contributed by atoms with Crippen molar-refractivity contribution >= 4 is 30.7 Å². The molecule has 102 valence electrons. The number of nitrogens with zero attached hydrogens (tertiary/aromatic N) is 1. The van der Waals surface area contributed by atoms with E-state index in [1.165, 1.54) is 0 Å². The molecule has 0 spiro atoms. The van der Waals surface area contributed by atoms with Crippen molar-refractivity contribution in [2.24, 2.45) is 0 Å². The summed E-state index contributed by atoms with van der Waals surface area (Å²) in [4.78, 5) is 16.1. The third-order valence-corrected chi connectivity index (χ3v) is 2.88. The first-order chi connectivity index (χ1) is 7.77. The SMILES string of the molecule is Cc1ncccc1C(=O)NC1CCCNC1.Cl.Cl.